The fraction of sp³-hybridized carbons (Fsp3) is 0.500. The SMILES string of the molecule is CC(NC(=O)c1ccco1)C(=O)N(C)C(C)C. The van der Waals surface area contributed by atoms with Gasteiger partial charge >= 0.3 is 0 Å². The number of likely N-dealkylation sites (N-methyl/N-ethyl adjacent to an activating group) is 1. The molecule has 94 valence electrons. The fourth-order valence-electron chi connectivity index (χ4n) is 1.30. The molecule has 1 aromatic heterocycles. The van der Waals surface area contributed by atoms with E-state index in [0.717, 1.165) is 0 Å². The highest BCUT2D eigenvalue weighted by Gasteiger charge is 2.22. The second kappa shape index (κ2) is 5.52. The number of hydrogen-bond donors (Lipinski definition) is 1. The second-order valence-electron chi connectivity index (χ2n) is 4.22. The summed E-state index contributed by atoms with van der Waals surface area (Å²) in [6.07, 6.45) is 1.42. The minimum Gasteiger partial charge on any atom is -0.459 e. The van der Waals surface area contributed by atoms with Gasteiger partial charge in [-0.15, -0.1) is 0 Å². The van der Waals surface area contributed by atoms with E-state index < -0.39 is 6.04 Å². The first-order valence-corrected chi connectivity index (χ1v) is 5.54. The van der Waals surface area contributed by atoms with E-state index in [0.29, 0.717) is 0 Å². The third kappa shape index (κ3) is 3.34. The molecule has 0 aliphatic carbocycles. The molecule has 0 radical (unpaired) electrons. The summed E-state index contributed by atoms with van der Waals surface area (Å²) >= 11 is 0. The molecule has 0 aromatic carbocycles. The van der Waals surface area contributed by atoms with Crippen molar-refractivity contribution in [1.82, 2.24) is 10.2 Å². The molecule has 2 amide bonds. The van der Waals surface area contributed by atoms with Crippen LogP contribution in [0.15, 0.2) is 22.8 Å². The topological polar surface area (TPSA) is 62.6 Å². The number of nitrogens with zero attached hydrogens (tertiary/aromatic N) is 1. The molecule has 1 aromatic rings. The lowest BCUT2D eigenvalue weighted by Gasteiger charge is -2.25. The van der Waals surface area contributed by atoms with Crippen LogP contribution in [-0.4, -0.2) is 35.8 Å². The Bertz CT molecular complexity index is 384. The molecule has 1 rings (SSSR count). The van der Waals surface area contributed by atoms with Crippen LogP contribution in [0.1, 0.15) is 31.3 Å². The monoisotopic (exact) mass is 238 g/mol. The van der Waals surface area contributed by atoms with Gasteiger partial charge in [0.2, 0.25) is 5.91 Å². The Labute approximate surface area is 101 Å². The Hall–Kier alpha value is -1.78. The molecule has 1 N–H and O–H groups in total. The van der Waals surface area contributed by atoms with Gasteiger partial charge in [0.05, 0.1) is 6.26 Å². The van der Waals surface area contributed by atoms with Crippen molar-refractivity contribution in [3.05, 3.63) is 24.2 Å². The molecule has 1 atom stereocenters. The fourth-order valence-corrected chi connectivity index (χ4v) is 1.30. The van der Waals surface area contributed by atoms with Crippen molar-refractivity contribution in [2.45, 2.75) is 32.9 Å². The standard InChI is InChI=1S/C12H18N2O3/c1-8(2)14(4)12(16)9(3)13-11(15)10-6-5-7-17-10/h5-9H,1-4H3,(H,13,15). The summed E-state index contributed by atoms with van der Waals surface area (Å²) in [4.78, 5) is 25.1. The molecule has 0 fully saturated rings. The predicted molar refractivity (Wildman–Crippen MR) is 63.5 cm³/mol. The molecule has 1 heterocycles. The van der Waals surface area contributed by atoms with E-state index in [9.17, 15) is 9.59 Å². The molecule has 0 spiro atoms. The van der Waals surface area contributed by atoms with Crippen LogP contribution in [-0.2, 0) is 4.79 Å². The predicted octanol–water partition coefficient (Wildman–Crippen LogP) is 1.26. The minimum absolute atomic E-state index is 0.102. The van der Waals surface area contributed by atoms with E-state index >= 15 is 0 Å². The van der Waals surface area contributed by atoms with Crippen LogP contribution in [0.5, 0.6) is 0 Å². The van der Waals surface area contributed by atoms with Gasteiger partial charge in [-0.3, -0.25) is 9.59 Å². The van der Waals surface area contributed by atoms with Gasteiger partial charge in [-0.05, 0) is 32.9 Å². The lowest BCUT2D eigenvalue weighted by atomic mass is 10.2. The van der Waals surface area contributed by atoms with Gasteiger partial charge in [0.25, 0.3) is 5.91 Å². The summed E-state index contributed by atoms with van der Waals surface area (Å²) in [7, 11) is 1.71. The van der Waals surface area contributed by atoms with Crippen molar-refractivity contribution in [1.29, 1.82) is 0 Å². The summed E-state index contributed by atoms with van der Waals surface area (Å²) in [6, 6.07) is 2.71. The molecule has 0 bridgehead atoms. The van der Waals surface area contributed by atoms with E-state index in [1.165, 1.54) is 6.26 Å². The van der Waals surface area contributed by atoms with Crippen molar-refractivity contribution >= 4 is 11.8 Å². The van der Waals surface area contributed by atoms with Crippen LogP contribution in [0.25, 0.3) is 0 Å². The molecule has 0 aliphatic heterocycles. The molecule has 17 heavy (non-hydrogen) atoms. The summed E-state index contributed by atoms with van der Waals surface area (Å²) in [5.41, 5.74) is 0. The van der Waals surface area contributed by atoms with Crippen molar-refractivity contribution in [2.24, 2.45) is 0 Å². The second-order valence-corrected chi connectivity index (χ2v) is 4.22. The molecule has 0 saturated carbocycles. The first-order valence-electron chi connectivity index (χ1n) is 5.54. The molecule has 5 nitrogen and oxygen atoms in total. The number of nitrogens with one attached hydrogen (secondary N) is 1. The van der Waals surface area contributed by atoms with Crippen LogP contribution in [0.3, 0.4) is 0 Å². The summed E-state index contributed by atoms with van der Waals surface area (Å²) in [6.45, 7) is 5.49. The minimum atomic E-state index is -0.569. The van der Waals surface area contributed by atoms with Gasteiger partial charge in [-0.1, -0.05) is 0 Å². The molecule has 0 saturated heterocycles. The van der Waals surface area contributed by atoms with Crippen molar-refractivity contribution in [3.63, 3.8) is 0 Å². The molecular weight excluding hydrogens is 220 g/mol. The van der Waals surface area contributed by atoms with Crippen molar-refractivity contribution < 1.29 is 14.0 Å². The summed E-state index contributed by atoms with van der Waals surface area (Å²) < 4.78 is 4.95. The molecule has 0 aliphatic rings. The number of carbonyl (C=O) groups is 2. The normalized spacial score (nSPS) is 12.3. The van der Waals surface area contributed by atoms with Crippen LogP contribution >= 0.6 is 0 Å². The maximum atomic E-state index is 11.9. The van der Waals surface area contributed by atoms with Gasteiger partial charge in [-0.2, -0.15) is 0 Å². The first-order chi connectivity index (χ1) is 7.93. The van der Waals surface area contributed by atoms with Crippen molar-refractivity contribution in [3.8, 4) is 0 Å². The van der Waals surface area contributed by atoms with Crippen molar-refractivity contribution in [2.75, 3.05) is 7.05 Å². The van der Waals surface area contributed by atoms with Crippen LogP contribution in [0.4, 0.5) is 0 Å². The Morgan fingerprint density at radius 1 is 1.35 bits per heavy atom. The largest absolute Gasteiger partial charge is 0.459 e. The molecule has 5 heteroatoms. The first kappa shape index (κ1) is 13.3. The average molecular weight is 238 g/mol. The zero-order valence-electron chi connectivity index (χ0n) is 10.6. The lowest BCUT2D eigenvalue weighted by molar-refractivity contribution is -0.133. The quantitative estimate of drug-likeness (QED) is 0.859. The third-order valence-electron chi connectivity index (χ3n) is 2.59. The molecule has 1 unspecified atom stereocenters. The Kier molecular flexibility index (Phi) is 4.31. The van der Waals surface area contributed by atoms with Gasteiger partial charge < -0.3 is 14.6 Å². The molecular formula is C12H18N2O3. The Morgan fingerprint density at radius 3 is 2.47 bits per heavy atom. The Morgan fingerprint density at radius 2 is 2.00 bits per heavy atom. The zero-order valence-corrected chi connectivity index (χ0v) is 10.6. The van der Waals surface area contributed by atoms with E-state index in [-0.39, 0.29) is 23.6 Å². The number of furan rings is 1. The van der Waals surface area contributed by atoms with Gasteiger partial charge in [0.1, 0.15) is 6.04 Å². The van der Waals surface area contributed by atoms with Gasteiger partial charge in [-0.25, -0.2) is 0 Å². The average Bonchev–Trinajstić information content (AvgIpc) is 2.80. The smallest absolute Gasteiger partial charge is 0.287 e. The van der Waals surface area contributed by atoms with Crippen LogP contribution in [0.2, 0.25) is 0 Å². The Balaban J connectivity index is 2.58. The van der Waals surface area contributed by atoms with E-state index in [1.807, 2.05) is 13.8 Å². The lowest BCUT2D eigenvalue weighted by Crippen LogP contribution is -2.47. The van der Waals surface area contributed by atoms with Crippen LogP contribution < -0.4 is 5.32 Å². The van der Waals surface area contributed by atoms with E-state index in [2.05, 4.69) is 5.32 Å². The number of hydrogen-bond acceptors (Lipinski definition) is 3. The summed E-state index contributed by atoms with van der Waals surface area (Å²) in [5.74, 6) is -0.301. The summed E-state index contributed by atoms with van der Waals surface area (Å²) in [5, 5.41) is 2.59. The highest BCUT2D eigenvalue weighted by Crippen LogP contribution is 2.02. The van der Waals surface area contributed by atoms with E-state index in [4.69, 9.17) is 4.42 Å². The zero-order chi connectivity index (χ0) is 13.0. The highest BCUT2D eigenvalue weighted by molar-refractivity contribution is 5.95. The maximum Gasteiger partial charge on any atom is 0.287 e. The highest BCUT2D eigenvalue weighted by atomic mass is 16.3. The van der Waals surface area contributed by atoms with Gasteiger partial charge in [0, 0.05) is 13.1 Å². The third-order valence-corrected chi connectivity index (χ3v) is 2.59. The maximum absolute atomic E-state index is 11.9. The number of rotatable bonds is 4. The number of amides is 2. The number of carbonyl (C=O) groups excluding carboxylic acids is 2. The van der Waals surface area contributed by atoms with E-state index in [1.54, 1.807) is 31.0 Å². The van der Waals surface area contributed by atoms with Crippen LogP contribution in [0, 0.1) is 0 Å². The van der Waals surface area contributed by atoms with Gasteiger partial charge in [0.15, 0.2) is 5.76 Å².